The second kappa shape index (κ2) is 1.67. The minimum Gasteiger partial charge on any atom is -0.269 e. The molecule has 0 aromatic heterocycles. The van der Waals surface area contributed by atoms with Crippen molar-refractivity contribution in [2.24, 2.45) is 20.9 Å². The van der Waals surface area contributed by atoms with Crippen molar-refractivity contribution in [1.29, 1.82) is 0 Å². The lowest BCUT2D eigenvalue weighted by Gasteiger charge is -2.09. The maximum absolute atomic E-state index is 4.25. The predicted molar refractivity (Wildman–Crippen MR) is 44.4 cm³/mol. The van der Waals surface area contributed by atoms with Crippen LogP contribution in [0.1, 0.15) is 6.42 Å². The van der Waals surface area contributed by atoms with Crippen molar-refractivity contribution < 1.29 is 0 Å². The van der Waals surface area contributed by atoms with Crippen LogP contribution in [-0.2, 0) is 0 Å². The monoisotopic (exact) mass is 145 g/mol. The van der Waals surface area contributed by atoms with Gasteiger partial charge in [0.2, 0.25) is 0 Å². The zero-order chi connectivity index (χ0) is 7.26. The Hall–Kier alpha value is -1.25. The van der Waals surface area contributed by atoms with Crippen molar-refractivity contribution in [1.82, 2.24) is 0 Å². The van der Waals surface area contributed by atoms with Gasteiger partial charge in [0, 0.05) is 17.7 Å². The molecule has 0 radical (unpaired) electrons. The molecule has 1 atom stereocenters. The van der Waals surface area contributed by atoms with E-state index in [1.165, 1.54) is 17.6 Å². The van der Waals surface area contributed by atoms with Crippen LogP contribution in [-0.4, -0.2) is 24.9 Å². The zero-order valence-corrected chi connectivity index (χ0v) is 5.99. The fourth-order valence-electron chi connectivity index (χ4n) is 1.56. The lowest BCUT2D eigenvalue weighted by Crippen LogP contribution is -2.11. The number of hydrogen-bond donors (Lipinski definition) is 0. The predicted octanol–water partition coefficient (Wildman–Crippen LogP) is 0.828. The fourth-order valence-corrected chi connectivity index (χ4v) is 1.56. The second-order valence-corrected chi connectivity index (χ2v) is 3.00. The smallest absolute Gasteiger partial charge is 0.158 e. The SMILES string of the molecule is C1=NCC2=C3C[C@@H]3C=NC2=N1. The van der Waals surface area contributed by atoms with Crippen LogP contribution in [0, 0.1) is 5.92 Å². The minimum absolute atomic E-state index is 0.636. The summed E-state index contributed by atoms with van der Waals surface area (Å²) in [5.41, 5.74) is 2.79. The summed E-state index contributed by atoms with van der Waals surface area (Å²) in [6.45, 7) is 0.794. The second-order valence-electron chi connectivity index (χ2n) is 3.00. The molecule has 0 saturated heterocycles. The Morgan fingerprint density at radius 2 is 2.45 bits per heavy atom. The van der Waals surface area contributed by atoms with Crippen LogP contribution in [0.3, 0.4) is 0 Å². The highest BCUT2D eigenvalue weighted by atomic mass is 15.0. The van der Waals surface area contributed by atoms with Gasteiger partial charge in [0.25, 0.3) is 0 Å². The molecule has 3 nitrogen and oxygen atoms in total. The molecule has 0 aromatic rings. The third-order valence-electron chi connectivity index (χ3n) is 2.27. The van der Waals surface area contributed by atoms with Crippen LogP contribution in [0.2, 0.25) is 0 Å². The Kier molecular flexibility index (Phi) is 0.820. The number of hydrogen-bond acceptors (Lipinski definition) is 3. The summed E-state index contributed by atoms with van der Waals surface area (Å²) >= 11 is 0. The number of fused-ring (bicyclic) bond motifs is 2. The van der Waals surface area contributed by atoms with Crippen molar-refractivity contribution in [3.8, 4) is 0 Å². The van der Waals surface area contributed by atoms with E-state index < -0.39 is 0 Å². The molecule has 3 aliphatic rings. The van der Waals surface area contributed by atoms with E-state index in [9.17, 15) is 0 Å². The molecule has 54 valence electrons. The lowest BCUT2D eigenvalue weighted by molar-refractivity contribution is 1.14. The minimum atomic E-state index is 0.636. The number of aliphatic imine (C=N–C) groups is 3. The molecule has 2 aliphatic heterocycles. The first-order chi connectivity index (χ1) is 5.45. The zero-order valence-electron chi connectivity index (χ0n) is 5.99. The molecule has 0 N–H and O–H groups in total. The van der Waals surface area contributed by atoms with E-state index in [-0.39, 0.29) is 0 Å². The Labute approximate surface area is 64.3 Å². The van der Waals surface area contributed by atoms with Gasteiger partial charge >= 0.3 is 0 Å². The Balaban J connectivity index is 2.17. The first-order valence-corrected chi connectivity index (χ1v) is 3.78. The Bertz CT molecular complexity index is 333. The van der Waals surface area contributed by atoms with Crippen molar-refractivity contribution >= 4 is 18.4 Å². The van der Waals surface area contributed by atoms with Crippen LogP contribution >= 0.6 is 0 Å². The average Bonchev–Trinajstić information content (AvgIpc) is 2.83. The van der Waals surface area contributed by atoms with Gasteiger partial charge in [-0.2, -0.15) is 0 Å². The summed E-state index contributed by atoms with van der Waals surface area (Å²) in [6.07, 6.45) is 4.78. The topological polar surface area (TPSA) is 37.1 Å². The van der Waals surface area contributed by atoms with E-state index in [4.69, 9.17) is 0 Å². The molecule has 3 rings (SSSR count). The molecule has 2 heterocycles. The summed E-state index contributed by atoms with van der Waals surface area (Å²) in [5.74, 6) is 1.53. The molecule has 0 aromatic carbocycles. The van der Waals surface area contributed by atoms with Gasteiger partial charge in [0.05, 0.1) is 6.54 Å². The Morgan fingerprint density at radius 1 is 1.45 bits per heavy atom. The molecule has 0 unspecified atom stereocenters. The third kappa shape index (κ3) is 0.651. The molecule has 0 amide bonds. The van der Waals surface area contributed by atoms with E-state index in [1.54, 1.807) is 6.34 Å². The van der Waals surface area contributed by atoms with Crippen molar-refractivity contribution in [3.63, 3.8) is 0 Å². The third-order valence-corrected chi connectivity index (χ3v) is 2.27. The van der Waals surface area contributed by atoms with Crippen LogP contribution in [0.4, 0.5) is 0 Å². The van der Waals surface area contributed by atoms with Gasteiger partial charge in [-0.1, -0.05) is 5.57 Å². The van der Waals surface area contributed by atoms with Crippen LogP contribution in [0.25, 0.3) is 0 Å². The average molecular weight is 145 g/mol. The molecule has 1 aliphatic carbocycles. The van der Waals surface area contributed by atoms with E-state index >= 15 is 0 Å². The lowest BCUT2D eigenvalue weighted by atomic mass is 10.1. The van der Waals surface area contributed by atoms with Crippen molar-refractivity contribution in [2.45, 2.75) is 6.42 Å². The molecule has 1 fully saturated rings. The first-order valence-electron chi connectivity index (χ1n) is 3.78. The number of rotatable bonds is 0. The number of allylic oxidation sites excluding steroid dienone is 1. The summed E-state index contributed by atoms with van der Waals surface area (Å²) in [4.78, 5) is 12.4. The highest BCUT2D eigenvalue weighted by Crippen LogP contribution is 2.42. The Morgan fingerprint density at radius 3 is 3.45 bits per heavy atom. The van der Waals surface area contributed by atoms with Gasteiger partial charge in [0.15, 0.2) is 5.84 Å². The van der Waals surface area contributed by atoms with Crippen LogP contribution in [0.15, 0.2) is 26.1 Å². The molecule has 1 saturated carbocycles. The highest BCUT2D eigenvalue weighted by molar-refractivity contribution is 6.11. The summed E-state index contributed by atoms with van der Waals surface area (Å²) in [5, 5.41) is 0. The van der Waals surface area contributed by atoms with Gasteiger partial charge in [0.1, 0.15) is 6.34 Å². The van der Waals surface area contributed by atoms with E-state index in [0.717, 1.165) is 12.4 Å². The van der Waals surface area contributed by atoms with E-state index in [1.807, 2.05) is 6.21 Å². The van der Waals surface area contributed by atoms with Crippen LogP contribution in [0.5, 0.6) is 0 Å². The number of amidine groups is 1. The largest absolute Gasteiger partial charge is 0.269 e. The quantitative estimate of drug-likeness (QED) is 0.484. The van der Waals surface area contributed by atoms with Crippen LogP contribution < -0.4 is 0 Å². The van der Waals surface area contributed by atoms with Crippen molar-refractivity contribution in [2.75, 3.05) is 6.54 Å². The number of dihydropyridines is 1. The highest BCUT2D eigenvalue weighted by Gasteiger charge is 2.36. The molecule has 3 heteroatoms. The molecule has 11 heavy (non-hydrogen) atoms. The standard InChI is InChI=1S/C8H7N3/c1-5-2-10-8-7(6(1)5)3-9-4-11-8/h2,4-5H,1,3H2/t5-/m1/s1. The molecular weight excluding hydrogens is 138 g/mol. The van der Waals surface area contributed by atoms with E-state index in [2.05, 4.69) is 15.0 Å². The first kappa shape index (κ1) is 5.41. The number of nitrogens with zero attached hydrogens (tertiary/aromatic N) is 3. The normalized spacial score (nSPS) is 31.3. The molecular formula is C8H7N3. The molecule has 0 spiro atoms. The fraction of sp³-hybridized carbons (Fsp3) is 0.375. The van der Waals surface area contributed by atoms with Gasteiger partial charge in [-0.3, -0.25) is 4.99 Å². The van der Waals surface area contributed by atoms with Gasteiger partial charge in [-0.05, 0) is 6.42 Å². The summed E-state index contributed by atoms with van der Waals surface area (Å²) < 4.78 is 0. The summed E-state index contributed by atoms with van der Waals surface area (Å²) in [6, 6.07) is 0. The maximum Gasteiger partial charge on any atom is 0.158 e. The van der Waals surface area contributed by atoms with Crippen molar-refractivity contribution in [3.05, 3.63) is 11.1 Å². The van der Waals surface area contributed by atoms with Gasteiger partial charge in [-0.15, -0.1) is 0 Å². The molecule has 0 bridgehead atoms. The summed E-state index contributed by atoms with van der Waals surface area (Å²) in [7, 11) is 0. The van der Waals surface area contributed by atoms with Gasteiger partial charge < -0.3 is 0 Å². The maximum atomic E-state index is 4.25. The van der Waals surface area contributed by atoms with E-state index in [0.29, 0.717) is 5.92 Å². The van der Waals surface area contributed by atoms with Gasteiger partial charge in [-0.25, -0.2) is 9.98 Å².